The molecule has 0 spiro atoms. The summed E-state index contributed by atoms with van der Waals surface area (Å²) in [6, 6.07) is 14.9. The summed E-state index contributed by atoms with van der Waals surface area (Å²) in [6.07, 6.45) is -4.13. The molecule has 0 aliphatic carbocycles. The number of nitrogens with zero attached hydrogens (tertiary/aromatic N) is 4. The molecule has 1 fully saturated rings. The molecule has 1 aliphatic heterocycles. The number of alkyl halides is 3. The summed E-state index contributed by atoms with van der Waals surface area (Å²) < 4.78 is 39.8. The number of amides is 2. The van der Waals surface area contributed by atoms with Gasteiger partial charge in [-0.3, -0.25) is 0 Å². The van der Waals surface area contributed by atoms with Crippen LogP contribution < -0.4 is 10.2 Å². The second-order valence-electron chi connectivity index (χ2n) is 8.49. The van der Waals surface area contributed by atoms with E-state index in [2.05, 4.69) is 10.2 Å². The number of hydrogen-bond acceptors (Lipinski definition) is 4. The quantitative estimate of drug-likeness (QED) is 0.560. The number of urea groups is 1. The van der Waals surface area contributed by atoms with Crippen LogP contribution >= 0.6 is 0 Å². The first-order valence-electron chi connectivity index (χ1n) is 11.6. The van der Waals surface area contributed by atoms with E-state index < -0.39 is 11.7 Å². The van der Waals surface area contributed by atoms with Crippen LogP contribution in [0.15, 0.2) is 54.6 Å². The molecule has 0 saturated carbocycles. The van der Waals surface area contributed by atoms with Crippen molar-refractivity contribution in [1.82, 2.24) is 20.2 Å². The van der Waals surface area contributed by atoms with Crippen molar-refractivity contribution in [2.45, 2.75) is 26.4 Å². The summed E-state index contributed by atoms with van der Waals surface area (Å²) in [5.41, 5.74) is 2.24. The fraction of sp³-hybridized carbons (Fsp3) is 0.346. The lowest BCUT2D eigenvalue weighted by Crippen LogP contribution is -2.52. The van der Waals surface area contributed by atoms with Gasteiger partial charge in [-0.15, -0.1) is 0 Å². The number of benzene rings is 2. The van der Waals surface area contributed by atoms with Crippen LogP contribution in [0.3, 0.4) is 0 Å². The number of anilines is 1. The highest BCUT2D eigenvalue weighted by molar-refractivity contribution is 5.74. The highest BCUT2D eigenvalue weighted by Crippen LogP contribution is 2.32. The lowest BCUT2D eigenvalue weighted by Gasteiger charge is -2.36. The lowest BCUT2D eigenvalue weighted by molar-refractivity contribution is -0.137. The lowest BCUT2D eigenvalue weighted by atomic mass is 10.0. The van der Waals surface area contributed by atoms with E-state index in [9.17, 15) is 18.0 Å². The number of nitrogens with one attached hydrogen (secondary N) is 1. The normalized spacial score (nSPS) is 14.2. The van der Waals surface area contributed by atoms with Crippen molar-refractivity contribution in [3.8, 4) is 11.4 Å². The van der Waals surface area contributed by atoms with Gasteiger partial charge in [0.25, 0.3) is 0 Å². The van der Waals surface area contributed by atoms with Crippen molar-refractivity contribution in [1.29, 1.82) is 0 Å². The van der Waals surface area contributed by atoms with Gasteiger partial charge in [0.1, 0.15) is 5.82 Å². The number of carbonyl (C=O) groups excluding carboxylic acids is 1. The Labute approximate surface area is 202 Å². The predicted molar refractivity (Wildman–Crippen MR) is 129 cm³/mol. The molecule has 0 radical (unpaired) electrons. The van der Waals surface area contributed by atoms with E-state index in [1.54, 1.807) is 11.0 Å². The number of aromatic nitrogens is 2. The number of piperazine rings is 1. The molecule has 3 aromatic rings. The summed E-state index contributed by atoms with van der Waals surface area (Å²) in [4.78, 5) is 25.7. The first-order valence-corrected chi connectivity index (χ1v) is 11.6. The molecule has 2 heterocycles. The molecule has 2 aromatic carbocycles. The number of carbonyl (C=O) groups is 1. The molecule has 1 N–H and O–H groups in total. The third-order valence-electron chi connectivity index (χ3n) is 6.05. The maximum Gasteiger partial charge on any atom is 0.416 e. The van der Waals surface area contributed by atoms with Crippen LogP contribution in [0, 0.1) is 6.92 Å². The summed E-state index contributed by atoms with van der Waals surface area (Å²) in [7, 11) is 0. The Morgan fingerprint density at radius 1 is 1.00 bits per heavy atom. The SMILES string of the molecule is CCNC(=O)N1CCN(c2nc(-c3ccccc3)nc(C)c2Cc2cccc(C(F)(F)F)c2)CC1. The predicted octanol–water partition coefficient (Wildman–Crippen LogP) is 4.91. The third-order valence-corrected chi connectivity index (χ3v) is 6.05. The van der Waals surface area contributed by atoms with Crippen molar-refractivity contribution >= 4 is 11.8 Å². The van der Waals surface area contributed by atoms with E-state index in [0.29, 0.717) is 49.9 Å². The average Bonchev–Trinajstić information content (AvgIpc) is 2.85. The fourth-order valence-electron chi connectivity index (χ4n) is 4.21. The fourth-order valence-corrected chi connectivity index (χ4v) is 4.21. The summed E-state index contributed by atoms with van der Waals surface area (Å²) >= 11 is 0. The van der Waals surface area contributed by atoms with E-state index in [0.717, 1.165) is 22.9 Å². The molecule has 6 nitrogen and oxygen atoms in total. The minimum Gasteiger partial charge on any atom is -0.353 e. The van der Waals surface area contributed by atoms with Crippen molar-refractivity contribution in [3.05, 3.63) is 77.0 Å². The Kier molecular flexibility index (Phi) is 7.23. The van der Waals surface area contributed by atoms with Gasteiger partial charge in [-0.05, 0) is 25.5 Å². The van der Waals surface area contributed by atoms with Gasteiger partial charge in [-0.2, -0.15) is 13.2 Å². The minimum absolute atomic E-state index is 0.0971. The van der Waals surface area contributed by atoms with Crippen LogP contribution in [-0.4, -0.2) is 53.6 Å². The minimum atomic E-state index is -4.41. The van der Waals surface area contributed by atoms with Gasteiger partial charge in [0.15, 0.2) is 5.82 Å². The zero-order valence-electron chi connectivity index (χ0n) is 19.8. The highest BCUT2D eigenvalue weighted by Gasteiger charge is 2.31. The van der Waals surface area contributed by atoms with Gasteiger partial charge in [0.2, 0.25) is 0 Å². The maximum absolute atomic E-state index is 13.3. The molecule has 184 valence electrons. The molecule has 4 rings (SSSR count). The largest absolute Gasteiger partial charge is 0.416 e. The van der Waals surface area contributed by atoms with E-state index in [-0.39, 0.29) is 12.5 Å². The van der Waals surface area contributed by atoms with Crippen LogP contribution in [0.1, 0.15) is 29.3 Å². The van der Waals surface area contributed by atoms with Gasteiger partial charge in [-0.1, -0.05) is 48.5 Å². The Morgan fingerprint density at radius 3 is 2.37 bits per heavy atom. The number of aryl methyl sites for hydroxylation is 1. The molecule has 0 bridgehead atoms. The molecule has 1 aromatic heterocycles. The van der Waals surface area contributed by atoms with Crippen LogP contribution in [0.5, 0.6) is 0 Å². The zero-order valence-corrected chi connectivity index (χ0v) is 19.8. The number of hydrogen-bond donors (Lipinski definition) is 1. The van der Waals surface area contributed by atoms with E-state index in [1.807, 2.05) is 44.2 Å². The molecule has 1 aliphatic rings. The standard InChI is InChI=1S/C26H28F3N5O/c1-3-30-25(35)34-14-12-33(13-15-34)24-22(17-19-8-7-11-21(16-19)26(27,28)29)18(2)31-23(32-24)20-9-5-4-6-10-20/h4-11,16H,3,12-15,17H2,1-2H3,(H,30,35). The Morgan fingerprint density at radius 2 is 1.71 bits per heavy atom. The van der Waals surface area contributed by atoms with Crippen LogP contribution in [0.2, 0.25) is 0 Å². The molecule has 9 heteroatoms. The van der Waals surface area contributed by atoms with Crippen molar-refractivity contribution in [3.63, 3.8) is 0 Å². The topological polar surface area (TPSA) is 61.4 Å². The van der Waals surface area contributed by atoms with E-state index in [1.165, 1.54) is 12.1 Å². The second kappa shape index (κ2) is 10.3. The Hall–Kier alpha value is -3.62. The Balaban J connectivity index is 1.69. The van der Waals surface area contributed by atoms with Gasteiger partial charge in [-0.25, -0.2) is 14.8 Å². The molecule has 2 amide bonds. The molecule has 0 atom stereocenters. The number of rotatable bonds is 5. The second-order valence-corrected chi connectivity index (χ2v) is 8.49. The molecular weight excluding hydrogens is 455 g/mol. The van der Waals surface area contributed by atoms with Gasteiger partial charge >= 0.3 is 12.2 Å². The Bertz CT molecular complexity index is 1180. The summed E-state index contributed by atoms with van der Waals surface area (Å²) in [5, 5.41) is 2.82. The van der Waals surface area contributed by atoms with Crippen molar-refractivity contribution in [2.75, 3.05) is 37.6 Å². The summed E-state index contributed by atoms with van der Waals surface area (Å²) in [6.45, 7) is 6.49. The van der Waals surface area contributed by atoms with Gasteiger partial charge < -0.3 is 15.1 Å². The average molecular weight is 484 g/mol. The monoisotopic (exact) mass is 483 g/mol. The first kappa shape index (κ1) is 24.5. The number of halogens is 3. The maximum atomic E-state index is 13.3. The van der Waals surface area contributed by atoms with Crippen molar-refractivity contribution in [2.24, 2.45) is 0 Å². The van der Waals surface area contributed by atoms with E-state index >= 15 is 0 Å². The van der Waals surface area contributed by atoms with Crippen LogP contribution in [-0.2, 0) is 12.6 Å². The van der Waals surface area contributed by atoms with E-state index in [4.69, 9.17) is 9.97 Å². The first-order chi connectivity index (χ1) is 16.8. The third kappa shape index (κ3) is 5.72. The van der Waals surface area contributed by atoms with Gasteiger partial charge in [0.05, 0.1) is 5.56 Å². The molecule has 35 heavy (non-hydrogen) atoms. The summed E-state index contributed by atoms with van der Waals surface area (Å²) in [5.74, 6) is 1.27. The van der Waals surface area contributed by atoms with Crippen LogP contribution in [0.25, 0.3) is 11.4 Å². The highest BCUT2D eigenvalue weighted by atomic mass is 19.4. The molecule has 1 saturated heterocycles. The smallest absolute Gasteiger partial charge is 0.353 e. The molecule has 0 unspecified atom stereocenters. The molecular formula is C26H28F3N5O. The van der Waals surface area contributed by atoms with Crippen LogP contribution in [0.4, 0.5) is 23.8 Å². The van der Waals surface area contributed by atoms with Gasteiger partial charge in [0, 0.05) is 56.0 Å². The van der Waals surface area contributed by atoms with Crippen molar-refractivity contribution < 1.29 is 18.0 Å². The zero-order chi connectivity index (χ0) is 25.0.